The van der Waals surface area contributed by atoms with Crippen LogP contribution in [0, 0.1) is 18.7 Å². The molecule has 2 aliphatic rings. The van der Waals surface area contributed by atoms with Crippen LogP contribution in [0.3, 0.4) is 0 Å². The monoisotopic (exact) mass is 487 g/mol. The number of hydrogen-bond acceptors (Lipinski definition) is 7. The third kappa shape index (κ3) is 5.53. The zero-order chi connectivity index (χ0) is 25.1. The van der Waals surface area contributed by atoms with E-state index in [0.717, 1.165) is 37.1 Å². The number of piperazine rings is 1. The number of nitrogens with one attached hydrogen (secondary N) is 4. The molecule has 9 heteroatoms. The van der Waals surface area contributed by atoms with Gasteiger partial charge in [-0.2, -0.15) is 4.98 Å². The number of benzene rings is 2. The number of amides is 1. The maximum Gasteiger partial charge on any atom is 0.248 e. The van der Waals surface area contributed by atoms with Gasteiger partial charge in [-0.25, -0.2) is 9.37 Å². The maximum absolute atomic E-state index is 14.3. The Hall–Kier alpha value is -3.82. The van der Waals surface area contributed by atoms with Crippen molar-refractivity contribution in [2.75, 3.05) is 35.6 Å². The number of halogens is 1. The lowest BCUT2D eigenvalue weighted by atomic mass is 10.0. The highest BCUT2D eigenvalue weighted by Gasteiger charge is 2.43. The third-order valence-corrected chi connectivity index (χ3v) is 6.75. The minimum atomic E-state index is -0.553. The van der Waals surface area contributed by atoms with Crippen LogP contribution in [0.15, 0.2) is 66.9 Å². The topological polar surface area (TPSA) is 94.2 Å². The Kier molecular flexibility index (Phi) is 6.92. The Morgan fingerprint density at radius 2 is 1.94 bits per heavy atom. The van der Waals surface area contributed by atoms with Gasteiger partial charge in [-0.1, -0.05) is 31.2 Å². The van der Waals surface area contributed by atoms with E-state index in [0.29, 0.717) is 29.4 Å². The van der Waals surface area contributed by atoms with Crippen LogP contribution in [-0.4, -0.2) is 52.5 Å². The molecule has 8 nitrogen and oxygen atoms in total. The average Bonchev–Trinajstić information content (AvgIpc) is 3.35. The van der Waals surface area contributed by atoms with Crippen LogP contribution < -0.4 is 21.3 Å². The lowest BCUT2D eigenvalue weighted by molar-refractivity contribution is -0.111. The molecule has 4 N–H and O–H groups in total. The molecule has 0 saturated carbocycles. The molecule has 2 bridgehead atoms. The molecular weight excluding hydrogens is 457 g/mol. The summed E-state index contributed by atoms with van der Waals surface area (Å²) in [6, 6.07) is 15.9. The summed E-state index contributed by atoms with van der Waals surface area (Å²) in [7, 11) is 0. The van der Waals surface area contributed by atoms with Crippen molar-refractivity contribution in [2.24, 2.45) is 5.92 Å². The predicted molar refractivity (Wildman–Crippen MR) is 140 cm³/mol. The average molecular weight is 488 g/mol. The van der Waals surface area contributed by atoms with Crippen molar-refractivity contribution in [3.05, 3.63) is 78.3 Å². The molecule has 2 aromatic carbocycles. The molecule has 2 saturated heterocycles. The summed E-state index contributed by atoms with van der Waals surface area (Å²) in [4.78, 5) is 23.2. The molecule has 1 aromatic heterocycles. The van der Waals surface area contributed by atoms with Crippen molar-refractivity contribution in [2.45, 2.75) is 25.9 Å². The zero-order valence-electron chi connectivity index (χ0n) is 20.3. The lowest BCUT2D eigenvalue weighted by Gasteiger charge is -2.25. The Morgan fingerprint density at radius 3 is 2.69 bits per heavy atom. The number of hydrogen-bond donors (Lipinski definition) is 4. The first-order chi connectivity index (χ1) is 17.4. The number of rotatable bonds is 8. The first-order valence-electron chi connectivity index (χ1n) is 12.1. The number of likely N-dealkylation sites (tertiary alicyclic amines) is 1. The molecule has 1 amide bonds. The van der Waals surface area contributed by atoms with Crippen LogP contribution in [0.2, 0.25) is 0 Å². The predicted octanol–water partition coefficient (Wildman–Crippen LogP) is 4.20. The van der Waals surface area contributed by atoms with Gasteiger partial charge in [0.2, 0.25) is 11.9 Å². The Balaban J connectivity index is 1.18. The molecular formula is C27H30FN7O. The van der Waals surface area contributed by atoms with E-state index < -0.39 is 5.82 Å². The summed E-state index contributed by atoms with van der Waals surface area (Å²) >= 11 is 0. The number of aryl methyl sites for hydroxylation is 1. The normalized spacial score (nSPS) is 21.1. The van der Waals surface area contributed by atoms with Gasteiger partial charge in [-0.3, -0.25) is 9.69 Å². The van der Waals surface area contributed by atoms with E-state index >= 15 is 0 Å². The van der Waals surface area contributed by atoms with E-state index in [1.807, 2.05) is 49.4 Å². The largest absolute Gasteiger partial charge is 0.338 e. The first kappa shape index (κ1) is 23.9. The molecule has 186 valence electrons. The van der Waals surface area contributed by atoms with Crippen LogP contribution in [0.4, 0.5) is 33.2 Å². The van der Waals surface area contributed by atoms with Crippen molar-refractivity contribution in [1.82, 2.24) is 20.2 Å². The van der Waals surface area contributed by atoms with Gasteiger partial charge in [0.15, 0.2) is 11.6 Å². The van der Waals surface area contributed by atoms with Crippen LogP contribution in [0.1, 0.15) is 12.5 Å². The minimum absolute atomic E-state index is 0.0732. The third-order valence-electron chi connectivity index (χ3n) is 6.75. The molecule has 2 fully saturated rings. The summed E-state index contributed by atoms with van der Waals surface area (Å²) in [5, 5.41) is 12.5. The highest BCUT2D eigenvalue weighted by molar-refractivity contribution is 5.99. The number of aromatic nitrogens is 2. The molecule has 0 aliphatic carbocycles. The number of fused-ring (bicyclic) bond motifs is 2. The molecule has 3 heterocycles. The van der Waals surface area contributed by atoms with E-state index in [1.54, 1.807) is 18.2 Å². The van der Waals surface area contributed by atoms with E-state index in [2.05, 4.69) is 43.1 Å². The lowest BCUT2D eigenvalue weighted by Crippen LogP contribution is -2.43. The fourth-order valence-electron chi connectivity index (χ4n) is 4.86. The van der Waals surface area contributed by atoms with E-state index in [-0.39, 0.29) is 17.7 Å². The summed E-state index contributed by atoms with van der Waals surface area (Å²) < 4.78 is 14.3. The fourth-order valence-corrected chi connectivity index (χ4v) is 4.86. The molecule has 3 atom stereocenters. The minimum Gasteiger partial charge on any atom is -0.338 e. The van der Waals surface area contributed by atoms with Crippen molar-refractivity contribution in [1.29, 1.82) is 0 Å². The summed E-state index contributed by atoms with van der Waals surface area (Å²) in [5.74, 6) is 0.220. The summed E-state index contributed by atoms with van der Waals surface area (Å²) in [6.45, 7) is 7.06. The Morgan fingerprint density at radius 1 is 1.17 bits per heavy atom. The van der Waals surface area contributed by atoms with Crippen molar-refractivity contribution >= 4 is 34.7 Å². The van der Waals surface area contributed by atoms with Crippen LogP contribution >= 0.6 is 0 Å². The second-order valence-corrected chi connectivity index (χ2v) is 9.38. The standard InChI is InChI=1S/C27H30FN7O/c1-17-6-3-7-19(12-17)32-26-22(28)14-30-27(34-26)33-21-9-4-8-20(13-21)31-25(36)10-5-11-35-16-23-18(2)24(35)15-29-23/h3-10,12-14,18,23-24,29H,11,15-16H2,1-2H3,(H,31,36)(H2,30,32,33,34). The zero-order valence-corrected chi connectivity index (χ0v) is 20.3. The van der Waals surface area contributed by atoms with Gasteiger partial charge in [-0.15, -0.1) is 0 Å². The van der Waals surface area contributed by atoms with Gasteiger partial charge in [0.1, 0.15) is 0 Å². The molecule has 0 spiro atoms. The number of nitrogens with zero attached hydrogens (tertiary/aromatic N) is 3. The Bertz CT molecular complexity index is 1280. The quantitative estimate of drug-likeness (QED) is 0.354. The summed E-state index contributed by atoms with van der Waals surface area (Å²) in [5.41, 5.74) is 3.09. The molecule has 5 rings (SSSR count). The number of anilines is 5. The van der Waals surface area contributed by atoms with E-state index in [9.17, 15) is 9.18 Å². The van der Waals surface area contributed by atoms with Crippen LogP contribution in [0.5, 0.6) is 0 Å². The van der Waals surface area contributed by atoms with Crippen molar-refractivity contribution < 1.29 is 9.18 Å². The van der Waals surface area contributed by atoms with Crippen LogP contribution in [-0.2, 0) is 4.79 Å². The molecule has 2 aliphatic heterocycles. The molecule has 36 heavy (non-hydrogen) atoms. The van der Waals surface area contributed by atoms with Gasteiger partial charge >= 0.3 is 0 Å². The van der Waals surface area contributed by atoms with Gasteiger partial charge in [0, 0.05) is 54.9 Å². The SMILES string of the molecule is Cc1cccc(Nc2nc(Nc3cccc(NC(=O)C=CCN4CC5NCC4C5C)c3)ncc2F)c1. The smallest absolute Gasteiger partial charge is 0.248 e. The van der Waals surface area contributed by atoms with Crippen molar-refractivity contribution in [3.8, 4) is 0 Å². The van der Waals surface area contributed by atoms with Gasteiger partial charge in [0.25, 0.3) is 0 Å². The second-order valence-electron chi connectivity index (χ2n) is 9.38. The van der Waals surface area contributed by atoms with Crippen LogP contribution in [0.25, 0.3) is 0 Å². The summed E-state index contributed by atoms with van der Waals surface area (Å²) in [6.07, 6.45) is 4.61. The highest BCUT2D eigenvalue weighted by atomic mass is 19.1. The van der Waals surface area contributed by atoms with E-state index in [1.165, 1.54) is 0 Å². The van der Waals surface area contributed by atoms with Gasteiger partial charge < -0.3 is 21.3 Å². The van der Waals surface area contributed by atoms with Gasteiger partial charge in [0.05, 0.1) is 6.20 Å². The highest BCUT2D eigenvalue weighted by Crippen LogP contribution is 2.29. The Labute approximate surface area is 210 Å². The van der Waals surface area contributed by atoms with Crippen molar-refractivity contribution in [3.63, 3.8) is 0 Å². The molecule has 0 radical (unpaired) electrons. The molecule has 3 aromatic rings. The van der Waals surface area contributed by atoms with E-state index in [4.69, 9.17) is 0 Å². The van der Waals surface area contributed by atoms with Gasteiger partial charge in [-0.05, 0) is 48.7 Å². The molecule has 3 unspecified atom stereocenters. The second kappa shape index (κ2) is 10.4. The maximum atomic E-state index is 14.3. The number of carbonyl (C=O) groups is 1. The fraction of sp³-hybridized carbons (Fsp3) is 0.296. The first-order valence-corrected chi connectivity index (χ1v) is 12.1. The number of carbonyl (C=O) groups excluding carboxylic acids is 1.